The molecule has 0 aromatic heterocycles. The Kier molecular flexibility index (Phi) is 16.9. The third-order valence-electron chi connectivity index (χ3n) is 31.9. The summed E-state index contributed by atoms with van der Waals surface area (Å²) < 4.78 is 42.2. The first-order valence-corrected chi connectivity index (χ1v) is 46.5. The predicted molar refractivity (Wildman–Crippen MR) is 530 cm³/mol. The average Bonchev–Trinajstić information content (AvgIpc) is 1.50. The van der Waals surface area contributed by atoms with Gasteiger partial charge in [-0.15, -0.1) is 0 Å². The van der Waals surface area contributed by atoms with E-state index in [1.165, 1.54) is 170 Å². The molecular weight excluding hydrogens is 1530 g/mol. The summed E-state index contributed by atoms with van der Waals surface area (Å²) in [5, 5.41) is 0. The van der Waals surface area contributed by atoms with Crippen molar-refractivity contribution in [3.8, 4) is 122 Å². The first kappa shape index (κ1) is 70.6. The highest BCUT2D eigenvalue weighted by atomic mass is 15.1. The molecule has 17 aromatic rings. The molecule has 11 aliphatic carbocycles. The summed E-state index contributed by atoms with van der Waals surface area (Å²) in [4.78, 5) is 4.60. The van der Waals surface area contributed by atoms with Gasteiger partial charge in [-0.25, -0.2) is 0 Å². The third kappa shape index (κ3) is 12.4. The molecule has 0 saturated heterocycles. The molecule has 11 aliphatic rings. The number of rotatable bonds is 14. The van der Waals surface area contributed by atoms with Gasteiger partial charge in [-0.2, -0.15) is 0 Å². The van der Waals surface area contributed by atoms with Crippen LogP contribution in [0, 0.1) is 47.3 Å². The molecule has 2 spiro atoms. The van der Waals surface area contributed by atoms with E-state index in [0.29, 0.717) is 5.56 Å². The van der Waals surface area contributed by atoms with Crippen molar-refractivity contribution < 1.29 is 6.85 Å². The molecule has 8 bridgehead atoms. The Morgan fingerprint density at radius 1 is 0.197 bits per heavy atom. The van der Waals surface area contributed by atoms with Crippen molar-refractivity contribution in [3.63, 3.8) is 0 Å². The maximum atomic E-state index is 8.68. The van der Waals surface area contributed by atoms with Gasteiger partial charge in [0, 0.05) is 50.4 Å². The third-order valence-corrected chi connectivity index (χ3v) is 31.9. The number of hydrogen-bond donors (Lipinski definition) is 0. The molecule has 8 fully saturated rings. The van der Waals surface area contributed by atoms with E-state index in [9.17, 15) is 0 Å². The normalized spacial score (nSPS) is 22.5. The second-order valence-electron chi connectivity index (χ2n) is 38.7. The first-order valence-electron chi connectivity index (χ1n) is 49.0. The lowest BCUT2D eigenvalue weighted by atomic mass is 9.43. The number of hydrogen-bond acceptors (Lipinski definition) is 2. The minimum Gasteiger partial charge on any atom is -0.311 e. The van der Waals surface area contributed by atoms with Crippen LogP contribution in [-0.4, -0.2) is 0 Å². The molecule has 8 saturated carbocycles. The smallest absolute Gasteiger partial charge is 0.0629 e. The van der Waals surface area contributed by atoms with Gasteiger partial charge in [-0.05, 0) is 358 Å². The zero-order chi connectivity index (χ0) is 88.4. The second-order valence-corrected chi connectivity index (χ2v) is 38.7. The monoisotopic (exact) mass is 1640 g/mol. The zero-order valence-electron chi connectivity index (χ0n) is 77.0. The molecule has 0 heterocycles. The predicted octanol–water partition coefficient (Wildman–Crippen LogP) is 33.4. The van der Waals surface area contributed by atoms with Crippen LogP contribution in [0.1, 0.15) is 118 Å². The number of nitrogens with zero attached hydrogens (tertiary/aromatic N) is 2. The summed E-state index contributed by atoms with van der Waals surface area (Å²) in [6.07, 6.45) is 14.1. The largest absolute Gasteiger partial charge is 0.311 e. The van der Waals surface area contributed by atoms with E-state index in [4.69, 9.17) is 6.85 Å². The average molecular weight is 1640 g/mol. The van der Waals surface area contributed by atoms with Gasteiger partial charge >= 0.3 is 0 Å². The molecule has 0 radical (unpaired) electrons. The van der Waals surface area contributed by atoms with Gasteiger partial charge in [0.05, 0.1) is 6.85 Å². The Morgan fingerprint density at radius 3 is 0.803 bits per heavy atom. The van der Waals surface area contributed by atoms with Gasteiger partial charge in [0.1, 0.15) is 0 Å². The SMILES string of the molecule is [2H]c1c([2H])c([2H])c(-c2ccc(N(c3ccc(-c4ccc5c(c4)-c4ccccc4C5(C)C)cc3)c3ccc(-c4ccccc4-c4ccc5c(c4)-c4ccccc4C54C5CC6CC(C5)CC4C6)cc3)cc2)c([2H])c1[2H].c1ccc(-c2ccc(N(c3ccc(-c4ccccc4)cc3)c3ccc(-c4ccccc4-c4ccc5c(c4)-c4ccccc4C54C5CC6CC(C5)CC4C6)cc3)cc2)cc1. The molecule has 0 amide bonds. The highest BCUT2D eigenvalue weighted by Crippen LogP contribution is 2.72. The van der Waals surface area contributed by atoms with Crippen LogP contribution < -0.4 is 9.80 Å². The van der Waals surface area contributed by atoms with Gasteiger partial charge in [-0.3, -0.25) is 0 Å². The van der Waals surface area contributed by atoms with E-state index in [1.54, 1.807) is 22.3 Å². The summed E-state index contributed by atoms with van der Waals surface area (Å²) in [7, 11) is 0. The van der Waals surface area contributed by atoms with Gasteiger partial charge < -0.3 is 9.80 Å². The Balaban J connectivity index is 0.000000145. The van der Waals surface area contributed by atoms with Crippen LogP contribution in [-0.2, 0) is 16.2 Å². The summed E-state index contributed by atoms with van der Waals surface area (Å²) in [5.74, 6) is 6.74. The van der Waals surface area contributed by atoms with Crippen LogP contribution >= 0.6 is 0 Å². The summed E-state index contributed by atoms with van der Waals surface area (Å²) in [6, 6.07) is 139. The molecule has 0 N–H and O–H groups in total. The van der Waals surface area contributed by atoms with E-state index < -0.39 is 6.04 Å². The van der Waals surface area contributed by atoms with E-state index in [0.717, 1.165) is 98.2 Å². The van der Waals surface area contributed by atoms with Crippen molar-refractivity contribution in [1.29, 1.82) is 0 Å². The molecule has 127 heavy (non-hydrogen) atoms. The Morgan fingerprint density at radius 2 is 0.433 bits per heavy atom. The summed E-state index contributed by atoms with van der Waals surface area (Å²) in [5.41, 5.74) is 41.8. The molecule has 0 unspecified atom stereocenters. The van der Waals surface area contributed by atoms with Crippen molar-refractivity contribution in [1.82, 2.24) is 0 Å². The Bertz CT molecular complexity index is 7230. The van der Waals surface area contributed by atoms with Crippen molar-refractivity contribution in [2.75, 3.05) is 9.80 Å². The number of anilines is 6. The Hall–Kier alpha value is -13.7. The van der Waals surface area contributed by atoms with Crippen molar-refractivity contribution in [3.05, 3.63) is 446 Å². The maximum Gasteiger partial charge on any atom is 0.0629 e. The lowest BCUT2D eigenvalue weighted by Crippen LogP contribution is -2.55. The highest BCUT2D eigenvalue weighted by Gasteiger charge is 2.63. The van der Waals surface area contributed by atoms with Crippen LogP contribution in [0.5, 0.6) is 0 Å². The maximum absolute atomic E-state index is 8.68. The van der Waals surface area contributed by atoms with Gasteiger partial charge in [-0.1, -0.05) is 335 Å². The molecule has 0 aliphatic heterocycles. The lowest BCUT2D eigenvalue weighted by Gasteiger charge is -2.61. The molecule has 2 heteroatoms. The van der Waals surface area contributed by atoms with Crippen LogP contribution in [0.15, 0.2) is 412 Å². The van der Waals surface area contributed by atoms with Crippen LogP contribution in [0.4, 0.5) is 34.1 Å². The minimum atomic E-state index is -0.395. The van der Waals surface area contributed by atoms with Crippen LogP contribution in [0.25, 0.3) is 122 Å². The highest BCUT2D eigenvalue weighted by molar-refractivity contribution is 5.94. The van der Waals surface area contributed by atoms with E-state index in [2.05, 4.69) is 382 Å². The molecular formula is C125H102N2. The first-order chi connectivity index (χ1) is 64.7. The topological polar surface area (TPSA) is 6.48 Å². The quantitative estimate of drug-likeness (QED) is 0.107. The standard InChI is InChI=1S/C67H55N.C58H47N/c1-66(2)62-18-10-8-16-58(62)60-41-49(26-34-63(60)66)47-22-30-54(31-23-47)68(53-28-20-46(21-29-53)45-12-4-3-5-13-45)55-32-24-48(25-33-55)56-14-6-7-15-57(56)50-27-35-65-61(42-50)59-17-9-11-19-64(59)67(65)51-37-43-36-44(39-51)40-52(67)38-43;1-3-11-41(12-4-1)43-19-26-49(27-20-43)59(50-28-21-44(22-29-50)42-13-5-2-6-14-42)51-30-23-45(24-31-51)52-15-7-8-16-53(52)46-25-32-57-55(38-46)54-17-9-10-18-56(54)58(57)47-34-39-33-40(36-47)37-48(58)35-39/h3-35,41-44,51-52H,36-40H2,1-2H3;1-32,38-40,47-48H,33-37H2/i3D,4D,5D,12D,13D;. The van der Waals surface area contributed by atoms with Crippen molar-refractivity contribution in [2.24, 2.45) is 47.3 Å². The fourth-order valence-corrected chi connectivity index (χ4v) is 26.8. The van der Waals surface area contributed by atoms with Gasteiger partial charge in [0.2, 0.25) is 0 Å². The van der Waals surface area contributed by atoms with Crippen molar-refractivity contribution >= 4 is 34.1 Å². The summed E-state index contributed by atoms with van der Waals surface area (Å²) in [6.45, 7) is 4.62. The van der Waals surface area contributed by atoms with Crippen molar-refractivity contribution in [2.45, 2.75) is 94.3 Å². The lowest BCUT2D eigenvalue weighted by molar-refractivity contribution is -0.0399. The van der Waals surface area contributed by atoms with E-state index in [1.807, 2.05) is 24.3 Å². The summed E-state index contributed by atoms with van der Waals surface area (Å²) >= 11 is 0. The molecule has 17 aromatic carbocycles. The van der Waals surface area contributed by atoms with Gasteiger partial charge in [0.15, 0.2) is 0 Å². The molecule has 28 rings (SSSR count). The molecule has 2 nitrogen and oxygen atoms in total. The Labute approximate surface area is 755 Å². The van der Waals surface area contributed by atoms with E-state index in [-0.39, 0.29) is 46.0 Å². The zero-order valence-corrected chi connectivity index (χ0v) is 72.0. The van der Waals surface area contributed by atoms with E-state index >= 15 is 0 Å². The fraction of sp³-hybridized carbons (Fsp3) is 0.184. The number of benzene rings is 17. The second kappa shape index (κ2) is 30.3. The van der Waals surface area contributed by atoms with Crippen LogP contribution in [0.3, 0.4) is 0 Å². The molecule has 0 atom stereocenters. The van der Waals surface area contributed by atoms with Crippen LogP contribution in [0.2, 0.25) is 0 Å². The fourth-order valence-electron chi connectivity index (χ4n) is 26.8. The minimum absolute atomic E-state index is 0.0589. The number of fused-ring (bicyclic) bond motifs is 9. The van der Waals surface area contributed by atoms with Gasteiger partial charge in [0.25, 0.3) is 0 Å². The molecule has 612 valence electrons.